The van der Waals surface area contributed by atoms with E-state index in [9.17, 15) is 22.4 Å². The molecule has 4 aromatic rings. The summed E-state index contributed by atoms with van der Waals surface area (Å²) in [6.07, 6.45) is -1.47. The van der Waals surface area contributed by atoms with Gasteiger partial charge in [0.05, 0.1) is 16.0 Å². The quantitative estimate of drug-likeness (QED) is 0.153. The summed E-state index contributed by atoms with van der Waals surface area (Å²) < 4.78 is 56.5. The van der Waals surface area contributed by atoms with Gasteiger partial charge >= 0.3 is 6.18 Å². The third-order valence-corrected chi connectivity index (χ3v) is 4.83. The van der Waals surface area contributed by atoms with Crippen LogP contribution < -0.4 is 10.9 Å². The molecule has 0 aliphatic rings. The maximum absolute atomic E-state index is 13.2. The number of nitrogens with zero attached hydrogens (tertiary/aromatic N) is 2. The lowest BCUT2D eigenvalue weighted by atomic mass is 10.0. The molecule has 2 heterocycles. The van der Waals surface area contributed by atoms with Gasteiger partial charge in [-0.05, 0) is 48.5 Å². The average molecular weight is 477 g/mol. The molecule has 0 aliphatic carbocycles. The number of halogens is 5. The van der Waals surface area contributed by atoms with Gasteiger partial charge in [-0.3, -0.25) is 10.2 Å². The molecule has 0 amide bonds. The summed E-state index contributed by atoms with van der Waals surface area (Å²) in [5, 5.41) is 4.28. The Morgan fingerprint density at radius 3 is 2.55 bits per heavy atom. The Labute approximate surface area is 188 Å². The Morgan fingerprint density at radius 1 is 1.09 bits per heavy atom. The summed E-state index contributed by atoms with van der Waals surface area (Å²) in [6.45, 7) is 0. The van der Waals surface area contributed by atoms with Gasteiger partial charge in [-0.1, -0.05) is 16.8 Å². The first kappa shape index (κ1) is 22.3. The van der Waals surface area contributed by atoms with Crippen LogP contribution in [0.4, 0.5) is 23.4 Å². The SMILES string of the molecule is O=C(C=CNNc1ncc(C(F)(F)F)cc1Cl)c1ccc2noc(-c3ccc(F)cc3)c2c1. The second-order valence-corrected chi connectivity index (χ2v) is 7.18. The van der Waals surface area contributed by atoms with Crippen molar-refractivity contribution >= 4 is 34.1 Å². The molecule has 0 fully saturated rings. The summed E-state index contributed by atoms with van der Waals surface area (Å²) >= 11 is 5.80. The molecule has 0 radical (unpaired) electrons. The molecule has 2 aromatic heterocycles. The molecule has 0 saturated heterocycles. The standard InChI is InChI=1S/C22H13ClF4N4O2/c23-17-10-14(22(25,26)27)11-28-21(17)30-29-8-7-19(32)13-3-6-18-16(9-13)20(33-31-18)12-1-4-15(24)5-2-12/h1-11,29H,(H,28,30). The van der Waals surface area contributed by atoms with Crippen LogP contribution in [0.5, 0.6) is 0 Å². The predicted molar refractivity (Wildman–Crippen MR) is 114 cm³/mol. The van der Waals surface area contributed by atoms with E-state index in [4.69, 9.17) is 16.1 Å². The molecule has 0 atom stereocenters. The molecule has 2 N–H and O–H groups in total. The minimum absolute atomic E-state index is 0.0448. The van der Waals surface area contributed by atoms with Crippen molar-refractivity contribution in [3.63, 3.8) is 0 Å². The van der Waals surface area contributed by atoms with Crippen molar-refractivity contribution in [3.8, 4) is 11.3 Å². The van der Waals surface area contributed by atoms with Gasteiger partial charge in [-0.15, -0.1) is 0 Å². The highest BCUT2D eigenvalue weighted by Crippen LogP contribution is 2.32. The third kappa shape index (κ3) is 4.96. The molecule has 2 aromatic carbocycles. The zero-order valence-electron chi connectivity index (χ0n) is 16.5. The van der Waals surface area contributed by atoms with Gasteiger partial charge in [-0.2, -0.15) is 13.2 Å². The summed E-state index contributed by atoms with van der Waals surface area (Å²) in [4.78, 5) is 16.1. The van der Waals surface area contributed by atoms with Crippen molar-refractivity contribution in [3.05, 3.63) is 89.0 Å². The second kappa shape index (κ2) is 8.91. The minimum Gasteiger partial charge on any atom is -0.355 e. The fourth-order valence-electron chi connectivity index (χ4n) is 2.91. The molecule has 11 heteroatoms. The van der Waals surface area contributed by atoms with Crippen molar-refractivity contribution in [2.75, 3.05) is 5.43 Å². The molecule has 0 bridgehead atoms. The number of aromatic nitrogens is 2. The van der Waals surface area contributed by atoms with Crippen molar-refractivity contribution < 1.29 is 26.9 Å². The summed E-state index contributed by atoms with van der Waals surface area (Å²) in [5.74, 6) is -0.413. The zero-order chi connectivity index (χ0) is 23.6. The van der Waals surface area contributed by atoms with Crippen molar-refractivity contribution in [1.82, 2.24) is 15.6 Å². The lowest BCUT2D eigenvalue weighted by Gasteiger charge is -2.10. The van der Waals surface area contributed by atoms with Crippen molar-refractivity contribution in [2.24, 2.45) is 0 Å². The fourth-order valence-corrected chi connectivity index (χ4v) is 3.13. The van der Waals surface area contributed by atoms with Gasteiger partial charge < -0.3 is 9.95 Å². The largest absolute Gasteiger partial charge is 0.417 e. The highest BCUT2D eigenvalue weighted by Gasteiger charge is 2.31. The molecule has 168 valence electrons. The van der Waals surface area contributed by atoms with Crippen LogP contribution in [0.3, 0.4) is 0 Å². The van der Waals surface area contributed by atoms with Gasteiger partial charge in [0.2, 0.25) is 0 Å². The van der Waals surface area contributed by atoms with Gasteiger partial charge in [0.25, 0.3) is 0 Å². The van der Waals surface area contributed by atoms with Crippen LogP contribution in [0.1, 0.15) is 15.9 Å². The van der Waals surface area contributed by atoms with Crippen molar-refractivity contribution in [2.45, 2.75) is 6.18 Å². The van der Waals surface area contributed by atoms with Gasteiger partial charge in [0.15, 0.2) is 17.4 Å². The van der Waals surface area contributed by atoms with E-state index in [0.717, 1.165) is 6.07 Å². The zero-order valence-corrected chi connectivity index (χ0v) is 17.2. The van der Waals surface area contributed by atoms with Crippen LogP contribution in [-0.2, 0) is 6.18 Å². The topological polar surface area (TPSA) is 80.0 Å². The summed E-state index contributed by atoms with van der Waals surface area (Å²) in [6, 6.07) is 11.2. The number of carbonyl (C=O) groups is 1. The highest BCUT2D eigenvalue weighted by molar-refractivity contribution is 6.32. The van der Waals surface area contributed by atoms with E-state index in [1.165, 1.54) is 24.4 Å². The monoisotopic (exact) mass is 476 g/mol. The van der Waals surface area contributed by atoms with Crippen LogP contribution >= 0.6 is 11.6 Å². The predicted octanol–water partition coefficient (Wildman–Crippen LogP) is 6.01. The number of carbonyl (C=O) groups excluding carboxylic acids is 1. The smallest absolute Gasteiger partial charge is 0.355 e. The van der Waals surface area contributed by atoms with Gasteiger partial charge in [0, 0.05) is 29.6 Å². The number of allylic oxidation sites excluding steroid dienone is 1. The first-order valence-corrected chi connectivity index (χ1v) is 9.71. The number of ketones is 1. The molecule has 0 saturated carbocycles. The molecule has 0 aliphatic heterocycles. The molecule has 33 heavy (non-hydrogen) atoms. The first-order chi connectivity index (χ1) is 15.7. The van der Waals surface area contributed by atoms with E-state index in [2.05, 4.69) is 21.0 Å². The number of hydrogen-bond donors (Lipinski definition) is 2. The van der Waals surface area contributed by atoms with Crippen LogP contribution in [0.25, 0.3) is 22.2 Å². The number of nitrogens with one attached hydrogen (secondary N) is 2. The minimum atomic E-state index is -4.56. The van der Waals surface area contributed by atoms with E-state index in [-0.39, 0.29) is 16.6 Å². The number of benzene rings is 2. The van der Waals surface area contributed by atoms with E-state index in [1.807, 2.05) is 0 Å². The maximum atomic E-state index is 13.2. The van der Waals surface area contributed by atoms with E-state index >= 15 is 0 Å². The fraction of sp³-hybridized carbons (Fsp3) is 0.0455. The number of alkyl halides is 3. The Bertz CT molecular complexity index is 1350. The van der Waals surface area contributed by atoms with Crippen LogP contribution in [-0.4, -0.2) is 15.9 Å². The van der Waals surface area contributed by atoms with Crippen LogP contribution in [0.2, 0.25) is 5.02 Å². The summed E-state index contributed by atoms with van der Waals surface area (Å²) in [7, 11) is 0. The number of hydrazine groups is 1. The number of hydrogen-bond acceptors (Lipinski definition) is 6. The Balaban J connectivity index is 1.46. The lowest BCUT2D eigenvalue weighted by Crippen LogP contribution is -2.17. The molecule has 0 spiro atoms. The molecule has 4 rings (SSSR count). The molecule has 0 unspecified atom stereocenters. The highest BCUT2D eigenvalue weighted by atomic mass is 35.5. The van der Waals surface area contributed by atoms with Gasteiger partial charge in [0.1, 0.15) is 11.3 Å². The summed E-state index contributed by atoms with van der Waals surface area (Å²) in [5.41, 5.74) is 5.51. The number of anilines is 1. The Kier molecular flexibility index (Phi) is 6.01. The Hall–Kier alpha value is -3.92. The normalized spacial score (nSPS) is 11.8. The van der Waals surface area contributed by atoms with Crippen LogP contribution in [0.15, 0.2) is 71.5 Å². The number of pyridine rings is 1. The maximum Gasteiger partial charge on any atom is 0.417 e. The Morgan fingerprint density at radius 2 is 1.85 bits per heavy atom. The second-order valence-electron chi connectivity index (χ2n) is 6.77. The first-order valence-electron chi connectivity index (χ1n) is 9.33. The average Bonchev–Trinajstić information content (AvgIpc) is 3.20. The van der Waals surface area contributed by atoms with Crippen LogP contribution in [0, 0.1) is 5.82 Å². The lowest BCUT2D eigenvalue weighted by molar-refractivity contribution is -0.137. The van der Waals surface area contributed by atoms with Crippen molar-refractivity contribution in [1.29, 1.82) is 0 Å². The van der Waals surface area contributed by atoms with E-state index in [1.54, 1.807) is 30.3 Å². The van der Waals surface area contributed by atoms with Gasteiger partial charge in [-0.25, -0.2) is 9.37 Å². The molecular weight excluding hydrogens is 464 g/mol. The molecular formula is C22H13ClF4N4O2. The number of rotatable bonds is 6. The molecule has 6 nitrogen and oxygen atoms in total. The third-order valence-electron chi connectivity index (χ3n) is 4.54. The van der Waals surface area contributed by atoms with E-state index in [0.29, 0.717) is 34.0 Å². The van der Waals surface area contributed by atoms with E-state index < -0.39 is 17.6 Å². The number of fused-ring (bicyclic) bond motifs is 1.